The molecular weight excluding hydrogens is 286 g/mol. The Kier molecular flexibility index (Phi) is 5.08. The summed E-state index contributed by atoms with van der Waals surface area (Å²) in [5, 5.41) is 9.70. The molecule has 1 fully saturated rings. The molecular formula is C15H25N3O2S. The number of piperidine rings is 1. The van der Waals surface area contributed by atoms with Crippen molar-refractivity contribution in [2.24, 2.45) is 5.92 Å². The van der Waals surface area contributed by atoms with E-state index in [4.69, 9.17) is 10.1 Å². The summed E-state index contributed by atoms with van der Waals surface area (Å²) in [5.41, 5.74) is -0.423. The number of nitrogens with zero attached hydrogens (tertiary/aromatic N) is 2. The molecule has 21 heavy (non-hydrogen) atoms. The molecule has 5 nitrogen and oxygen atoms in total. The maximum Gasteiger partial charge on any atom is 0.410 e. The topological polar surface area (TPSA) is 58.3 Å². The summed E-state index contributed by atoms with van der Waals surface area (Å²) < 4.78 is 7.40. The van der Waals surface area contributed by atoms with Crippen LogP contribution >= 0.6 is 11.3 Å². The van der Waals surface area contributed by atoms with Crippen LogP contribution in [0.1, 0.15) is 40.0 Å². The fraction of sp³-hybridized carbons (Fsp3) is 0.733. The van der Waals surface area contributed by atoms with Crippen LogP contribution in [0.5, 0.6) is 0 Å². The lowest BCUT2D eigenvalue weighted by atomic mass is 9.94. The average molecular weight is 311 g/mol. The Bertz CT molecular complexity index is 522. The first-order chi connectivity index (χ1) is 9.85. The van der Waals surface area contributed by atoms with Gasteiger partial charge in [0.05, 0.1) is 0 Å². The second kappa shape index (κ2) is 6.64. The van der Waals surface area contributed by atoms with Gasteiger partial charge in [0, 0.05) is 31.2 Å². The molecule has 0 saturated carbocycles. The molecule has 1 saturated heterocycles. The zero-order valence-electron chi connectivity index (χ0n) is 13.1. The van der Waals surface area contributed by atoms with Crippen molar-refractivity contribution < 1.29 is 9.53 Å². The molecule has 1 aromatic heterocycles. The molecule has 0 aromatic carbocycles. The standard InChI is InChI=1S/C15H25N3O2S/c1-15(2,3)20-14(19)18-8-5-12(6-9-18)4-7-17-10-11-21-13(17)16/h10-12,16H,4-9H2,1-3H3. The molecule has 0 atom stereocenters. The third-order valence-electron chi connectivity index (χ3n) is 3.73. The Balaban J connectivity index is 1.74. The molecule has 1 N–H and O–H groups in total. The second-order valence-corrected chi connectivity index (χ2v) is 7.50. The van der Waals surface area contributed by atoms with Gasteiger partial charge in [-0.3, -0.25) is 5.41 Å². The van der Waals surface area contributed by atoms with E-state index < -0.39 is 5.60 Å². The van der Waals surface area contributed by atoms with Crippen LogP contribution in [0.3, 0.4) is 0 Å². The van der Waals surface area contributed by atoms with Crippen LogP contribution in [0.25, 0.3) is 0 Å². The van der Waals surface area contributed by atoms with Gasteiger partial charge in [0.25, 0.3) is 0 Å². The van der Waals surface area contributed by atoms with Gasteiger partial charge in [0.1, 0.15) is 5.60 Å². The number of carbonyl (C=O) groups is 1. The van der Waals surface area contributed by atoms with Gasteiger partial charge in [-0.2, -0.15) is 0 Å². The molecule has 1 aliphatic heterocycles. The fourth-order valence-electron chi connectivity index (χ4n) is 2.53. The Labute approximate surface area is 130 Å². The number of thiazole rings is 1. The number of aromatic nitrogens is 1. The van der Waals surface area contributed by atoms with E-state index in [2.05, 4.69) is 0 Å². The van der Waals surface area contributed by atoms with E-state index in [1.807, 2.05) is 41.8 Å². The third-order valence-corrected chi connectivity index (χ3v) is 4.44. The average Bonchev–Trinajstić information content (AvgIpc) is 2.80. The van der Waals surface area contributed by atoms with Crippen molar-refractivity contribution in [2.75, 3.05) is 13.1 Å². The summed E-state index contributed by atoms with van der Waals surface area (Å²) in [5.74, 6) is 0.635. The molecule has 0 radical (unpaired) electrons. The molecule has 6 heteroatoms. The first kappa shape index (κ1) is 16.1. The number of hydrogen-bond acceptors (Lipinski definition) is 4. The summed E-state index contributed by atoms with van der Waals surface area (Å²) in [7, 11) is 0. The largest absolute Gasteiger partial charge is 0.444 e. The van der Waals surface area contributed by atoms with Crippen molar-refractivity contribution in [3.8, 4) is 0 Å². The van der Waals surface area contributed by atoms with Gasteiger partial charge in [0.15, 0.2) is 4.80 Å². The van der Waals surface area contributed by atoms with E-state index in [0.717, 1.165) is 38.9 Å². The first-order valence-corrected chi connectivity index (χ1v) is 8.39. The minimum atomic E-state index is -0.423. The Morgan fingerprint density at radius 3 is 2.62 bits per heavy atom. The summed E-state index contributed by atoms with van der Waals surface area (Å²) >= 11 is 1.46. The highest BCUT2D eigenvalue weighted by atomic mass is 32.1. The van der Waals surface area contributed by atoms with Crippen molar-refractivity contribution in [1.82, 2.24) is 9.47 Å². The van der Waals surface area contributed by atoms with Gasteiger partial charge < -0.3 is 14.2 Å². The number of hydrogen-bond donors (Lipinski definition) is 1. The number of carbonyl (C=O) groups excluding carboxylic acids is 1. The van der Waals surface area contributed by atoms with Crippen molar-refractivity contribution in [2.45, 2.75) is 52.2 Å². The number of likely N-dealkylation sites (tertiary alicyclic amines) is 1. The van der Waals surface area contributed by atoms with Crippen LogP contribution in [0.2, 0.25) is 0 Å². The molecule has 118 valence electrons. The van der Waals surface area contributed by atoms with Gasteiger partial charge in [-0.25, -0.2) is 4.79 Å². The minimum absolute atomic E-state index is 0.193. The van der Waals surface area contributed by atoms with E-state index in [1.165, 1.54) is 11.3 Å². The maximum atomic E-state index is 12.0. The van der Waals surface area contributed by atoms with Crippen LogP contribution in [0.4, 0.5) is 4.79 Å². The number of ether oxygens (including phenoxy) is 1. The molecule has 1 aliphatic rings. The quantitative estimate of drug-likeness (QED) is 0.932. The van der Waals surface area contributed by atoms with Crippen LogP contribution < -0.4 is 4.80 Å². The van der Waals surface area contributed by atoms with Crippen LogP contribution in [-0.4, -0.2) is 34.3 Å². The lowest BCUT2D eigenvalue weighted by molar-refractivity contribution is 0.0180. The van der Waals surface area contributed by atoms with Gasteiger partial charge >= 0.3 is 6.09 Å². The molecule has 0 unspecified atom stereocenters. The lowest BCUT2D eigenvalue weighted by Gasteiger charge is -2.33. The number of amides is 1. The molecule has 0 aliphatic carbocycles. The number of nitrogens with one attached hydrogen (secondary N) is 1. The van der Waals surface area contributed by atoms with Crippen molar-refractivity contribution in [3.63, 3.8) is 0 Å². The predicted octanol–water partition coefficient (Wildman–Crippen LogP) is 3.07. The molecule has 1 amide bonds. The SMILES string of the molecule is CC(C)(C)OC(=O)N1CCC(CCn2ccsc2=N)CC1. The van der Waals surface area contributed by atoms with E-state index >= 15 is 0 Å². The van der Waals surface area contributed by atoms with Gasteiger partial charge in [-0.05, 0) is 46.0 Å². The van der Waals surface area contributed by atoms with Crippen molar-refractivity contribution in [1.29, 1.82) is 5.41 Å². The molecule has 2 rings (SSSR count). The zero-order chi connectivity index (χ0) is 15.5. The van der Waals surface area contributed by atoms with E-state index in [9.17, 15) is 4.79 Å². The highest BCUT2D eigenvalue weighted by Gasteiger charge is 2.26. The van der Waals surface area contributed by atoms with Gasteiger partial charge in [0.2, 0.25) is 0 Å². The van der Waals surface area contributed by atoms with E-state index in [1.54, 1.807) is 0 Å². The number of aryl methyl sites for hydroxylation is 1. The Morgan fingerprint density at radius 1 is 1.43 bits per heavy atom. The van der Waals surface area contributed by atoms with Crippen molar-refractivity contribution in [3.05, 3.63) is 16.4 Å². The highest BCUT2D eigenvalue weighted by molar-refractivity contribution is 7.06. The lowest BCUT2D eigenvalue weighted by Crippen LogP contribution is -2.41. The summed E-state index contributed by atoms with van der Waals surface area (Å²) in [6, 6.07) is 0. The summed E-state index contributed by atoms with van der Waals surface area (Å²) in [6.45, 7) is 8.15. The Hall–Kier alpha value is -1.30. The summed E-state index contributed by atoms with van der Waals surface area (Å²) in [6.07, 6.45) is 4.91. The van der Waals surface area contributed by atoms with E-state index in [0.29, 0.717) is 10.7 Å². The predicted molar refractivity (Wildman–Crippen MR) is 83.3 cm³/mol. The molecule has 0 spiro atoms. The molecule has 2 heterocycles. The summed E-state index contributed by atoms with van der Waals surface area (Å²) in [4.78, 5) is 14.4. The van der Waals surface area contributed by atoms with Gasteiger partial charge in [-0.1, -0.05) is 0 Å². The monoisotopic (exact) mass is 311 g/mol. The Morgan fingerprint density at radius 2 is 2.10 bits per heavy atom. The number of rotatable bonds is 3. The van der Waals surface area contributed by atoms with Gasteiger partial charge in [-0.15, -0.1) is 11.3 Å². The normalized spacial score (nSPS) is 17.0. The third kappa shape index (κ3) is 4.88. The minimum Gasteiger partial charge on any atom is -0.444 e. The first-order valence-electron chi connectivity index (χ1n) is 7.51. The highest BCUT2D eigenvalue weighted by Crippen LogP contribution is 2.22. The molecule has 1 aromatic rings. The molecule has 0 bridgehead atoms. The van der Waals surface area contributed by atoms with Crippen LogP contribution in [0.15, 0.2) is 11.6 Å². The van der Waals surface area contributed by atoms with Crippen LogP contribution in [-0.2, 0) is 11.3 Å². The van der Waals surface area contributed by atoms with Crippen LogP contribution in [0, 0.1) is 11.3 Å². The second-order valence-electron chi connectivity index (χ2n) is 6.60. The van der Waals surface area contributed by atoms with E-state index in [-0.39, 0.29) is 6.09 Å². The van der Waals surface area contributed by atoms with Crippen molar-refractivity contribution >= 4 is 17.4 Å². The fourth-order valence-corrected chi connectivity index (χ4v) is 3.16. The zero-order valence-corrected chi connectivity index (χ0v) is 13.9. The smallest absolute Gasteiger partial charge is 0.410 e. The maximum absolute atomic E-state index is 12.0.